The Labute approximate surface area is 108 Å². The van der Waals surface area contributed by atoms with Crippen molar-refractivity contribution in [3.8, 4) is 5.75 Å². The van der Waals surface area contributed by atoms with E-state index >= 15 is 0 Å². The van der Waals surface area contributed by atoms with Gasteiger partial charge in [0.25, 0.3) is 0 Å². The van der Waals surface area contributed by atoms with E-state index in [1.54, 1.807) is 30.7 Å². The van der Waals surface area contributed by atoms with Crippen LogP contribution in [0.4, 0.5) is 0 Å². The van der Waals surface area contributed by atoms with Crippen LogP contribution in [0.5, 0.6) is 5.75 Å². The van der Waals surface area contributed by atoms with Crippen LogP contribution in [-0.2, 0) is 0 Å². The Morgan fingerprint density at radius 1 is 1.39 bits per heavy atom. The largest absolute Gasteiger partial charge is 0.497 e. The maximum Gasteiger partial charge on any atom is 0.336 e. The number of hydrogen-bond donors (Lipinski definition) is 1. The van der Waals surface area contributed by atoms with Crippen LogP contribution in [0.1, 0.15) is 10.4 Å². The van der Waals surface area contributed by atoms with Crippen molar-refractivity contribution >= 4 is 17.7 Å². The van der Waals surface area contributed by atoms with Crippen molar-refractivity contribution in [2.75, 3.05) is 7.11 Å². The van der Waals surface area contributed by atoms with Crippen LogP contribution in [0, 0.1) is 0 Å². The molecule has 1 heterocycles. The minimum atomic E-state index is -0.982. The van der Waals surface area contributed by atoms with Crippen LogP contribution in [0.25, 0.3) is 0 Å². The number of ether oxygens (including phenoxy) is 1. The summed E-state index contributed by atoms with van der Waals surface area (Å²) in [6.07, 6.45) is 4.70. The standard InChI is InChI=1S/C12H10N2O3S/c1-17-8-2-3-9(12(15)16)10(6-8)18-11-7-13-4-5-14-11/h2-7H,1H3,(H,15,16). The summed E-state index contributed by atoms with van der Waals surface area (Å²) in [5.41, 5.74) is 0.214. The molecule has 1 aromatic heterocycles. The van der Waals surface area contributed by atoms with E-state index < -0.39 is 5.97 Å². The third kappa shape index (κ3) is 2.78. The Morgan fingerprint density at radius 2 is 2.22 bits per heavy atom. The lowest BCUT2D eigenvalue weighted by atomic mass is 10.2. The number of methoxy groups -OCH3 is 1. The van der Waals surface area contributed by atoms with E-state index in [4.69, 9.17) is 9.84 Å². The number of nitrogens with zero attached hydrogens (tertiary/aromatic N) is 2. The van der Waals surface area contributed by atoms with Crippen molar-refractivity contribution in [2.45, 2.75) is 9.92 Å². The highest BCUT2D eigenvalue weighted by Gasteiger charge is 2.13. The quantitative estimate of drug-likeness (QED) is 0.911. The average Bonchev–Trinajstić information content (AvgIpc) is 2.39. The highest BCUT2D eigenvalue weighted by atomic mass is 32.2. The number of aromatic nitrogens is 2. The second-order valence-electron chi connectivity index (χ2n) is 3.31. The van der Waals surface area contributed by atoms with Gasteiger partial charge in [-0.1, -0.05) is 11.8 Å². The fraction of sp³-hybridized carbons (Fsp3) is 0.0833. The topological polar surface area (TPSA) is 72.3 Å². The van der Waals surface area contributed by atoms with E-state index in [0.29, 0.717) is 15.7 Å². The SMILES string of the molecule is COc1ccc(C(=O)O)c(Sc2cnccn2)c1. The molecule has 0 atom stereocenters. The van der Waals surface area contributed by atoms with E-state index in [1.807, 2.05) is 0 Å². The normalized spacial score (nSPS) is 10.1. The van der Waals surface area contributed by atoms with Crippen LogP contribution in [0.3, 0.4) is 0 Å². The van der Waals surface area contributed by atoms with Gasteiger partial charge in [0.15, 0.2) is 0 Å². The van der Waals surface area contributed by atoms with E-state index in [1.165, 1.54) is 24.9 Å². The molecule has 0 saturated carbocycles. The Bertz CT molecular complexity index is 561. The Balaban J connectivity index is 2.38. The van der Waals surface area contributed by atoms with E-state index in [2.05, 4.69) is 9.97 Å². The van der Waals surface area contributed by atoms with E-state index in [9.17, 15) is 4.79 Å². The molecule has 0 aliphatic carbocycles. The molecule has 5 nitrogen and oxygen atoms in total. The van der Waals surface area contributed by atoms with Crippen molar-refractivity contribution in [1.82, 2.24) is 9.97 Å². The highest BCUT2D eigenvalue weighted by molar-refractivity contribution is 7.99. The third-order valence-corrected chi connectivity index (χ3v) is 3.15. The lowest BCUT2D eigenvalue weighted by Gasteiger charge is -2.07. The molecule has 0 bridgehead atoms. The molecule has 0 radical (unpaired) electrons. The number of carboxylic acids is 1. The zero-order chi connectivity index (χ0) is 13.0. The van der Waals surface area contributed by atoms with Crippen molar-refractivity contribution in [3.05, 3.63) is 42.4 Å². The van der Waals surface area contributed by atoms with Gasteiger partial charge in [-0.25, -0.2) is 9.78 Å². The summed E-state index contributed by atoms with van der Waals surface area (Å²) in [5.74, 6) is -0.379. The third-order valence-electron chi connectivity index (χ3n) is 2.17. The van der Waals surface area contributed by atoms with Crippen LogP contribution >= 0.6 is 11.8 Å². The second kappa shape index (κ2) is 5.50. The minimum Gasteiger partial charge on any atom is -0.497 e. The molecule has 1 N–H and O–H groups in total. The van der Waals surface area contributed by atoms with Crippen LogP contribution < -0.4 is 4.74 Å². The van der Waals surface area contributed by atoms with Gasteiger partial charge in [-0.3, -0.25) is 4.98 Å². The summed E-state index contributed by atoms with van der Waals surface area (Å²) in [6, 6.07) is 4.80. The molecule has 0 aliphatic heterocycles. The number of carboxylic acid groups (broad SMARTS) is 1. The van der Waals surface area contributed by atoms with Gasteiger partial charge in [0.05, 0.1) is 18.9 Å². The predicted molar refractivity (Wildman–Crippen MR) is 66.1 cm³/mol. The van der Waals surface area contributed by atoms with E-state index in [-0.39, 0.29) is 5.56 Å². The van der Waals surface area contributed by atoms with Gasteiger partial charge in [0.1, 0.15) is 10.8 Å². The number of rotatable bonds is 4. The van der Waals surface area contributed by atoms with Gasteiger partial charge in [0.2, 0.25) is 0 Å². The maximum absolute atomic E-state index is 11.1. The molecule has 92 valence electrons. The smallest absolute Gasteiger partial charge is 0.336 e. The predicted octanol–water partition coefficient (Wildman–Crippen LogP) is 2.33. The molecule has 0 amide bonds. The Morgan fingerprint density at radius 3 is 2.83 bits per heavy atom. The summed E-state index contributed by atoms with van der Waals surface area (Å²) in [4.78, 5) is 19.7. The molecule has 2 aromatic rings. The zero-order valence-electron chi connectivity index (χ0n) is 9.53. The summed E-state index contributed by atoms with van der Waals surface area (Å²) in [7, 11) is 1.53. The first-order valence-electron chi connectivity index (χ1n) is 5.06. The monoisotopic (exact) mass is 262 g/mol. The molecule has 0 unspecified atom stereocenters. The van der Waals surface area contributed by atoms with Gasteiger partial charge in [-0.2, -0.15) is 0 Å². The van der Waals surface area contributed by atoms with Crippen molar-refractivity contribution in [1.29, 1.82) is 0 Å². The van der Waals surface area contributed by atoms with Crippen LogP contribution in [0.15, 0.2) is 46.7 Å². The van der Waals surface area contributed by atoms with Gasteiger partial charge in [-0.05, 0) is 18.2 Å². The lowest BCUT2D eigenvalue weighted by molar-refractivity contribution is 0.0693. The fourth-order valence-electron chi connectivity index (χ4n) is 1.34. The average molecular weight is 262 g/mol. The van der Waals surface area contributed by atoms with Crippen LogP contribution in [-0.4, -0.2) is 28.2 Å². The van der Waals surface area contributed by atoms with Gasteiger partial charge in [-0.15, -0.1) is 0 Å². The summed E-state index contributed by atoms with van der Waals surface area (Å²) in [6.45, 7) is 0. The van der Waals surface area contributed by atoms with Gasteiger partial charge in [0, 0.05) is 17.3 Å². The first-order chi connectivity index (χ1) is 8.70. The number of hydrogen-bond acceptors (Lipinski definition) is 5. The van der Waals surface area contributed by atoms with Crippen molar-refractivity contribution in [2.24, 2.45) is 0 Å². The zero-order valence-corrected chi connectivity index (χ0v) is 10.3. The van der Waals surface area contributed by atoms with Crippen molar-refractivity contribution < 1.29 is 14.6 Å². The van der Waals surface area contributed by atoms with E-state index in [0.717, 1.165) is 0 Å². The first-order valence-corrected chi connectivity index (χ1v) is 5.87. The fourth-order valence-corrected chi connectivity index (χ4v) is 2.23. The molecule has 6 heteroatoms. The van der Waals surface area contributed by atoms with Crippen molar-refractivity contribution in [3.63, 3.8) is 0 Å². The molecule has 0 fully saturated rings. The van der Waals surface area contributed by atoms with Crippen LogP contribution in [0.2, 0.25) is 0 Å². The molecule has 0 aliphatic rings. The second-order valence-corrected chi connectivity index (χ2v) is 4.38. The van der Waals surface area contributed by atoms with Gasteiger partial charge >= 0.3 is 5.97 Å². The molecule has 2 rings (SSSR count). The summed E-state index contributed by atoms with van der Waals surface area (Å²) < 4.78 is 5.08. The summed E-state index contributed by atoms with van der Waals surface area (Å²) in [5, 5.41) is 9.75. The lowest BCUT2D eigenvalue weighted by Crippen LogP contribution is -1.99. The number of carbonyl (C=O) groups is 1. The molecule has 18 heavy (non-hydrogen) atoms. The highest BCUT2D eigenvalue weighted by Crippen LogP contribution is 2.31. The maximum atomic E-state index is 11.1. The molecule has 0 spiro atoms. The Kier molecular flexibility index (Phi) is 3.78. The summed E-state index contributed by atoms with van der Waals surface area (Å²) >= 11 is 1.24. The minimum absolute atomic E-state index is 0.214. The number of aromatic carboxylic acids is 1. The number of benzene rings is 1. The molecular formula is C12H10N2O3S. The van der Waals surface area contributed by atoms with Gasteiger partial charge < -0.3 is 9.84 Å². The molecule has 0 saturated heterocycles. The molecule has 1 aromatic carbocycles. The molecular weight excluding hydrogens is 252 g/mol. The first kappa shape index (κ1) is 12.4. The Hall–Kier alpha value is -2.08.